The number of hydrogen-bond acceptors (Lipinski definition) is 3. The van der Waals surface area contributed by atoms with Crippen molar-refractivity contribution in [3.05, 3.63) is 42.2 Å². The summed E-state index contributed by atoms with van der Waals surface area (Å²) in [5, 5.41) is 2.55. The van der Waals surface area contributed by atoms with Gasteiger partial charge in [-0.25, -0.2) is 0 Å². The standard InChI is InChI=1S/C17H23N3/c1-20(16-8-6-15(18)7-9-16)12-14-11-19-10-13-4-2-3-5-17(13)14/h2-5,10-11,15-16H,6-9,12,18H2,1H3. The van der Waals surface area contributed by atoms with Gasteiger partial charge in [0.2, 0.25) is 0 Å². The van der Waals surface area contributed by atoms with Gasteiger partial charge in [0, 0.05) is 36.4 Å². The minimum atomic E-state index is 0.416. The Bertz CT molecular complexity index is 568. The Hall–Kier alpha value is -1.45. The fraction of sp³-hybridized carbons (Fsp3) is 0.471. The van der Waals surface area contributed by atoms with Gasteiger partial charge in [0.1, 0.15) is 0 Å². The van der Waals surface area contributed by atoms with Crippen LogP contribution in [0.2, 0.25) is 0 Å². The summed E-state index contributed by atoms with van der Waals surface area (Å²) < 4.78 is 0. The monoisotopic (exact) mass is 269 g/mol. The molecule has 0 atom stereocenters. The number of fused-ring (bicyclic) bond motifs is 1. The van der Waals surface area contributed by atoms with E-state index >= 15 is 0 Å². The molecule has 3 heteroatoms. The van der Waals surface area contributed by atoms with Crippen LogP contribution in [0.25, 0.3) is 10.8 Å². The zero-order valence-corrected chi connectivity index (χ0v) is 12.1. The highest BCUT2D eigenvalue weighted by Gasteiger charge is 2.22. The Labute approximate surface area is 120 Å². The summed E-state index contributed by atoms with van der Waals surface area (Å²) in [5.74, 6) is 0. The van der Waals surface area contributed by atoms with Gasteiger partial charge in [-0.15, -0.1) is 0 Å². The molecule has 1 heterocycles. The maximum atomic E-state index is 6.00. The molecule has 1 aromatic carbocycles. The summed E-state index contributed by atoms with van der Waals surface area (Å²) >= 11 is 0. The molecule has 3 nitrogen and oxygen atoms in total. The molecular formula is C17H23N3. The second-order valence-corrected chi connectivity index (χ2v) is 6.00. The van der Waals surface area contributed by atoms with Gasteiger partial charge in [-0.1, -0.05) is 24.3 Å². The second-order valence-electron chi connectivity index (χ2n) is 6.00. The summed E-state index contributed by atoms with van der Waals surface area (Å²) in [6.45, 7) is 0.967. The first-order valence-electron chi connectivity index (χ1n) is 7.51. The van der Waals surface area contributed by atoms with Crippen LogP contribution in [0, 0.1) is 0 Å². The van der Waals surface area contributed by atoms with Gasteiger partial charge in [-0.2, -0.15) is 0 Å². The van der Waals surface area contributed by atoms with Crippen LogP contribution in [0.15, 0.2) is 36.7 Å². The van der Waals surface area contributed by atoms with Crippen LogP contribution >= 0.6 is 0 Å². The molecule has 106 valence electrons. The summed E-state index contributed by atoms with van der Waals surface area (Å²) in [5.41, 5.74) is 7.32. The second kappa shape index (κ2) is 5.90. The summed E-state index contributed by atoms with van der Waals surface area (Å²) in [4.78, 5) is 6.84. The maximum Gasteiger partial charge on any atom is 0.0346 e. The van der Waals surface area contributed by atoms with Crippen molar-refractivity contribution in [2.45, 2.75) is 44.3 Å². The van der Waals surface area contributed by atoms with Gasteiger partial charge >= 0.3 is 0 Å². The Morgan fingerprint density at radius 3 is 2.70 bits per heavy atom. The van der Waals surface area contributed by atoms with Crippen LogP contribution in [0.4, 0.5) is 0 Å². The zero-order chi connectivity index (χ0) is 13.9. The van der Waals surface area contributed by atoms with Crippen LogP contribution in [-0.2, 0) is 6.54 Å². The predicted octanol–water partition coefficient (Wildman–Crippen LogP) is 2.94. The average molecular weight is 269 g/mol. The van der Waals surface area contributed by atoms with E-state index in [0.717, 1.165) is 19.4 Å². The van der Waals surface area contributed by atoms with E-state index in [9.17, 15) is 0 Å². The molecule has 1 saturated carbocycles. The van der Waals surface area contributed by atoms with Crippen molar-refractivity contribution in [2.75, 3.05) is 7.05 Å². The highest BCUT2D eigenvalue weighted by Crippen LogP contribution is 2.24. The fourth-order valence-electron chi connectivity index (χ4n) is 3.25. The van der Waals surface area contributed by atoms with Gasteiger partial charge in [-0.3, -0.25) is 9.88 Å². The third-order valence-electron chi connectivity index (χ3n) is 4.54. The van der Waals surface area contributed by atoms with E-state index in [2.05, 4.69) is 41.2 Å². The molecule has 0 spiro atoms. The number of hydrogen-bond donors (Lipinski definition) is 1. The number of pyridine rings is 1. The summed E-state index contributed by atoms with van der Waals surface area (Å²) in [7, 11) is 2.23. The molecule has 2 aromatic rings. The lowest BCUT2D eigenvalue weighted by atomic mass is 9.91. The molecule has 1 fully saturated rings. The largest absolute Gasteiger partial charge is 0.328 e. The van der Waals surface area contributed by atoms with Crippen molar-refractivity contribution in [3.8, 4) is 0 Å². The Morgan fingerprint density at radius 2 is 1.90 bits per heavy atom. The first-order valence-corrected chi connectivity index (χ1v) is 7.51. The SMILES string of the molecule is CN(Cc1cncc2ccccc12)C1CCC(N)CC1. The molecule has 3 rings (SSSR count). The highest BCUT2D eigenvalue weighted by atomic mass is 15.1. The molecule has 1 aromatic heterocycles. The fourth-order valence-corrected chi connectivity index (χ4v) is 3.25. The van der Waals surface area contributed by atoms with Crippen LogP contribution < -0.4 is 5.73 Å². The molecule has 0 aliphatic heterocycles. The zero-order valence-electron chi connectivity index (χ0n) is 12.1. The van der Waals surface area contributed by atoms with E-state index in [1.807, 2.05) is 12.4 Å². The van der Waals surface area contributed by atoms with Crippen molar-refractivity contribution >= 4 is 10.8 Å². The van der Waals surface area contributed by atoms with Gasteiger partial charge < -0.3 is 5.73 Å². The quantitative estimate of drug-likeness (QED) is 0.931. The molecular weight excluding hydrogens is 246 g/mol. The molecule has 1 aliphatic carbocycles. The third-order valence-corrected chi connectivity index (χ3v) is 4.54. The minimum absolute atomic E-state index is 0.416. The van der Waals surface area contributed by atoms with E-state index in [4.69, 9.17) is 5.73 Å². The normalized spacial score (nSPS) is 23.4. The first kappa shape index (κ1) is 13.5. The van der Waals surface area contributed by atoms with E-state index in [1.54, 1.807) is 0 Å². The van der Waals surface area contributed by atoms with E-state index in [1.165, 1.54) is 29.2 Å². The third kappa shape index (κ3) is 2.84. The Kier molecular flexibility index (Phi) is 3.99. The predicted molar refractivity (Wildman–Crippen MR) is 83.4 cm³/mol. The summed E-state index contributed by atoms with van der Waals surface area (Å²) in [6.07, 6.45) is 8.70. The molecule has 0 saturated heterocycles. The van der Waals surface area contributed by atoms with E-state index in [0.29, 0.717) is 12.1 Å². The molecule has 1 aliphatic rings. The maximum absolute atomic E-state index is 6.00. The van der Waals surface area contributed by atoms with Crippen molar-refractivity contribution < 1.29 is 0 Å². The molecule has 2 N–H and O–H groups in total. The van der Waals surface area contributed by atoms with Crippen molar-refractivity contribution in [3.63, 3.8) is 0 Å². The van der Waals surface area contributed by atoms with Gasteiger partial charge in [-0.05, 0) is 43.7 Å². The lowest BCUT2D eigenvalue weighted by Gasteiger charge is -2.33. The molecule has 20 heavy (non-hydrogen) atoms. The van der Waals surface area contributed by atoms with E-state index < -0.39 is 0 Å². The molecule has 0 unspecified atom stereocenters. The number of nitrogens with zero attached hydrogens (tertiary/aromatic N) is 2. The van der Waals surface area contributed by atoms with Gasteiger partial charge in [0.05, 0.1) is 0 Å². The first-order chi connectivity index (χ1) is 9.74. The number of nitrogens with two attached hydrogens (primary N) is 1. The average Bonchev–Trinajstić information content (AvgIpc) is 2.48. The molecule has 0 radical (unpaired) electrons. The topological polar surface area (TPSA) is 42.2 Å². The number of benzene rings is 1. The molecule has 0 amide bonds. The van der Waals surface area contributed by atoms with Crippen LogP contribution in [-0.4, -0.2) is 29.0 Å². The highest BCUT2D eigenvalue weighted by molar-refractivity contribution is 5.84. The van der Waals surface area contributed by atoms with Crippen LogP contribution in [0.5, 0.6) is 0 Å². The van der Waals surface area contributed by atoms with Crippen LogP contribution in [0.3, 0.4) is 0 Å². The van der Waals surface area contributed by atoms with Gasteiger partial charge in [0.15, 0.2) is 0 Å². The van der Waals surface area contributed by atoms with Crippen LogP contribution in [0.1, 0.15) is 31.2 Å². The Balaban J connectivity index is 1.76. The number of rotatable bonds is 3. The Morgan fingerprint density at radius 1 is 1.15 bits per heavy atom. The number of aromatic nitrogens is 1. The minimum Gasteiger partial charge on any atom is -0.328 e. The van der Waals surface area contributed by atoms with Crippen molar-refractivity contribution in [1.29, 1.82) is 0 Å². The van der Waals surface area contributed by atoms with E-state index in [-0.39, 0.29) is 0 Å². The van der Waals surface area contributed by atoms with Crippen molar-refractivity contribution in [1.82, 2.24) is 9.88 Å². The lowest BCUT2D eigenvalue weighted by Crippen LogP contribution is -2.38. The van der Waals surface area contributed by atoms with Gasteiger partial charge in [0.25, 0.3) is 0 Å². The lowest BCUT2D eigenvalue weighted by molar-refractivity contribution is 0.176. The summed E-state index contributed by atoms with van der Waals surface area (Å²) in [6, 6.07) is 9.57. The van der Waals surface area contributed by atoms with Crippen molar-refractivity contribution in [2.24, 2.45) is 5.73 Å². The molecule has 0 bridgehead atoms. The smallest absolute Gasteiger partial charge is 0.0346 e.